The van der Waals surface area contributed by atoms with Crippen LogP contribution in [0.3, 0.4) is 0 Å². The summed E-state index contributed by atoms with van der Waals surface area (Å²) in [4.78, 5) is 0. The van der Waals surface area contributed by atoms with E-state index in [2.05, 4.69) is 21.1 Å². The van der Waals surface area contributed by atoms with Gasteiger partial charge in [-0.15, -0.1) is 0 Å². The second kappa shape index (κ2) is 3.58. The Balaban J connectivity index is 3.18. The van der Waals surface area contributed by atoms with Gasteiger partial charge in [-0.05, 0) is 25.1 Å². The van der Waals surface area contributed by atoms with Gasteiger partial charge in [0.1, 0.15) is 0 Å². The van der Waals surface area contributed by atoms with E-state index in [9.17, 15) is 0 Å². The number of benzene rings is 1. The average molecular weight is 229 g/mol. The first kappa shape index (κ1) is 9.06. The Kier molecular flexibility index (Phi) is 2.70. The zero-order valence-electron chi connectivity index (χ0n) is 6.58. The molecule has 0 heterocycles. The summed E-state index contributed by atoms with van der Waals surface area (Å²) in [6.07, 6.45) is 0. The molecule has 0 aliphatic carbocycles. The van der Waals surface area contributed by atoms with Crippen molar-refractivity contribution in [2.75, 3.05) is 5.73 Å². The van der Waals surface area contributed by atoms with Crippen LogP contribution in [0.15, 0.2) is 27.8 Å². The Bertz CT molecular complexity index is 323. The lowest BCUT2D eigenvalue weighted by molar-refractivity contribution is 0.319. The normalized spacial score (nSPS) is 11.7. The van der Waals surface area contributed by atoms with Gasteiger partial charge < -0.3 is 10.9 Å². The molecule has 1 rings (SSSR count). The van der Waals surface area contributed by atoms with Gasteiger partial charge >= 0.3 is 0 Å². The molecule has 1 aromatic carbocycles. The van der Waals surface area contributed by atoms with Gasteiger partial charge in [0.2, 0.25) is 0 Å². The van der Waals surface area contributed by atoms with E-state index in [0.29, 0.717) is 11.4 Å². The van der Waals surface area contributed by atoms with E-state index < -0.39 is 0 Å². The van der Waals surface area contributed by atoms with E-state index in [0.717, 1.165) is 10.0 Å². The van der Waals surface area contributed by atoms with Crippen LogP contribution in [0.25, 0.3) is 0 Å². The van der Waals surface area contributed by atoms with Crippen LogP contribution in [0.1, 0.15) is 12.5 Å². The topological polar surface area (TPSA) is 58.6 Å². The van der Waals surface area contributed by atoms with E-state index in [1.54, 1.807) is 19.1 Å². The second-order valence-electron chi connectivity index (χ2n) is 2.42. The third-order valence-corrected chi connectivity index (χ3v) is 2.05. The molecule has 0 unspecified atom stereocenters. The number of hydrogen-bond acceptors (Lipinski definition) is 3. The molecule has 0 fully saturated rings. The van der Waals surface area contributed by atoms with Crippen molar-refractivity contribution in [3.63, 3.8) is 0 Å². The van der Waals surface area contributed by atoms with Gasteiger partial charge in [0.05, 0.1) is 5.71 Å². The van der Waals surface area contributed by atoms with Crippen LogP contribution in [0.2, 0.25) is 0 Å². The number of rotatable bonds is 1. The molecule has 0 bridgehead atoms. The van der Waals surface area contributed by atoms with Gasteiger partial charge in [-0.1, -0.05) is 21.1 Å². The SMILES string of the molecule is CC(=NO)c1ccc(Br)cc1N. The van der Waals surface area contributed by atoms with Crippen LogP contribution in [-0.2, 0) is 0 Å². The summed E-state index contributed by atoms with van der Waals surface area (Å²) in [6.45, 7) is 1.69. The molecule has 4 heteroatoms. The minimum Gasteiger partial charge on any atom is -0.411 e. The van der Waals surface area contributed by atoms with E-state index in [-0.39, 0.29) is 0 Å². The maximum Gasteiger partial charge on any atom is 0.0857 e. The summed E-state index contributed by atoms with van der Waals surface area (Å²) in [5, 5.41) is 11.6. The zero-order chi connectivity index (χ0) is 9.14. The average Bonchev–Trinajstić information content (AvgIpc) is 2.03. The monoisotopic (exact) mass is 228 g/mol. The van der Waals surface area contributed by atoms with E-state index in [1.807, 2.05) is 6.07 Å². The first-order valence-corrected chi connectivity index (χ1v) is 4.18. The molecule has 0 saturated carbocycles. The Labute approximate surface area is 79.0 Å². The Morgan fingerprint density at radius 3 is 2.75 bits per heavy atom. The summed E-state index contributed by atoms with van der Waals surface area (Å²) < 4.78 is 0.912. The van der Waals surface area contributed by atoms with Crippen LogP contribution >= 0.6 is 15.9 Å². The summed E-state index contributed by atoms with van der Waals surface area (Å²) >= 11 is 3.28. The van der Waals surface area contributed by atoms with Crippen LogP contribution < -0.4 is 5.73 Å². The number of nitrogen functional groups attached to an aromatic ring is 1. The molecule has 0 atom stereocenters. The largest absolute Gasteiger partial charge is 0.411 e. The quantitative estimate of drug-likeness (QED) is 0.335. The molecular formula is C8H9BrN2O. The number of anilines is 1. The summed E-state index contributed by atoms with van der Waals surface area (Å²) in [7, 11) is 0. The smallest absolute Gasteiger partial charge is 0.0857 e. The lowest BCUT2D eigenvalue weighted by atomic mass is 10.1. The standard InChI is InChI=1S/C8H9BrN2O/c1-5(11-12)7-3-2-6(9)4-8(7)10/h2-4,12H,10H2,1H3. The fourth-order valence-corrected chi connectivity index (χ4v) is 1.30. The highest BCUT2D eigenvalue weighted by Crippen LogP contribution is 2.18. The summed E-state index contributed by atoms with van der Waals surface area (Å²) in [5.41, 5.74) is 7.54. The van der Waals surface area contributed by atoms with Gasteiger partial charge in [0.15, 0.2) is 0 Å². The molecule has 12 heavy (non-hydrogen) atoms. The second-order valence-corrected chi connectivity index (χ2v) is 3.33. The summed E-state index contributed by atoms with van der Waals surface area (Å²) in [5.74, 6) is 0. The lowest BCUT2D eigenvalue weighted by Crippen LogP contribution is -2.00. The van der Waals surface area contributed by atoms with Crippen molar-refractivity contribution in [1.29, 1.82) is 0 Å². The van der Waals surface area contributed by atoms with Gasteiger partial charge in [0.25, 0.3) is 0 Å². The molecule has 3 nitrogen and oxygen atoms in total. The Hall–Kier alpha value is -1.03. The van der Waals surface area contributed by atoms with Gasteiger partial charge in [0, 0.05) is 15.7 Å². The number of nitrogens with zero attached hydrogens (tertiary/aromatic N) is 1. The highest BCUT2D eigenvalue weighted by Gasteiger charge is 2.02. The van der Waals surface area contributed by atoms with Gasteiger partial charge in [-0.2, -0.15) is 0 Å². The molecule has 0 aliphatic rings. The fourth-order valence-electron chi connectivity index (χ4n) is 0.917. The maximum atomic E-state index is 8.50. The molecule has 64 valence electrons. The van der Waals surface area contributed by atoms with E-state index in [4.69, 9.17) is 10.9 Å². The fraction of sp³-hybridized carbons (Fsp3) is 0.125. The van der Waals surface area contributed by atoms with E-state index >= 15 is 0 Å². The first-order valence-electron chi connectivity index (χ1n) is 3.39. The molecule has 0 aliphatic heterocycles. The number of oxime groups is 1. The molecule has 3 N–H and O–H groups in total. The molecule has 0 radical (unpaired) electrons. The minimum absolute atomic E-state index is 0.514. The number of halogens is 1. The van der Waals surface area contributed by atoms with Gasteiger partial charge in [-0.25, -0.2) is 0 Å². The maximum absolute atomic E-state index is 8.50. The minimum atomic E-state index is 0.514. The third kappa shape index (κ3) is 1.76. The van der Waals surface area contributed by atoms with Crippen molar-refractivity contribution in [2.45, 2.75) is 6.92 Å². The van der Waals surface area contributed by atoms with Crippen LogP contribution in [-0.4, -0.2) is 10.9 Å². The Morgan fingerprint density at radius 1 is 1.58 bits per heavy atom. The van der Waals surface area contributed by atoms with Gasteiger partial charge in [-0.3, -0.25) is 0 Å². The predicted molar refractivity (Wildman–Crippen MR) is 52.6 cm³/mol. The van der Waals surface area contributed by atoms with Crippen LogP contribution in [0.5, 0.6) is 0 Å². The van der Waals surface area contributed by atoms with Crippen molar-refractivity contribution >= 4 is 27.3 Å². The Morgan fingerprint density at radius 2 is 2.25 bits per heavy atom. The highest BCUT2D eigenvalue weighted by atomic mass is 79.9. The predicted octanol–water partition coefficient (Wildman–Crippen LogP) is 2.23. The van der Waals surface area contributed by atoms with Crippen LogP contribution in [0, 0.1) is 0 Å². The molecule has 1 aromatic rings. The van der Waals surface area contributed by atoms with Crippen molar-refractivity contribution in [1.82, 2.24) is 0 Å². The van der Waals surface area contributed by atoms with Crippen molar-refractivity contribution in [2.24, 2.45) is 5.16 Å². The zero-order valence-corrected chi connectivity index (χ0v) is 8.17. The molecule has 0 saturated heterocycles. The van der Waals surface area contributed by atoms with Crippen molar-refractivity contribution < 1.29 is 5.21 Å². The van der Waals surface area contributed by atoms with Crippen molar-refractivity contribution in [3.8, 4) is 0 Å². The molecule has 0 spiro atoms. The van der Waals surface area contributed by atoms with Crippen molar-refractivity contribution in [3.05, 3.63) is 28.2 Å². The molecule has 0 aromatic heterocycles. The van der Waals surface area contributed by atoms with E-state index in [1.165, 1.54) is 0 Å². The molecular weight excluding hydrogens is 220 g/mol. The van der Waals surface area contributed by atoms with Crippen LogP contribution in [0.4, 0.5) is 5.69 Å². The number of hydrogen-bond donors (Lipinski definition) is 2. The third-order valence-electron chi connectivity index (χ3n) is 1.55. The lowest BCUT2D eigenvalue weighted by Gasteiger charge is -2.03. The molecule has 0 amide bonds. The first-order chi connectivity index (χ1) is 5.65. The number of nitrogens with two attached hydrogens (primary N) is 1. The highest BCUT2D eigenvalue weighted by molar-refractivity contribution is 9.10. The summed E-state index contributed by atoms with van der Waals surface area (Å²) in [6, 6.07) is 5.42.